The third-order valence-electron chi connectivity index (χ3n) is 4.41. The molecule has 1 aliphatic heterocycles. The maximum Gasteiger partial charge on any atom is 0.421 e. The quantitative estimate of drug-likeness (QED) is 0.595. The molecule has 0 spiro atoms. The summed E-state index contributed by atoms with van der Waals surface area (Å²) in [6.07, 6.45) is -3.60. The maximum absolute atomic E-state index is 13.4. The van der Waals surface area contributed by atoms with E-state index in [1.165, 1.54) is 0 Å². The van der Waals surface area contributed by atoms with Gasteiger partial charge in [-0.2, -0.15) is 18.2 Å². The molecule has 1 aromatic heterocycles. The molecular weight excluding hydrogens is 383 g/mol. The van der Waals surface area contributed by atoms with Gasteiger partial charge in [-0.25, -0.2) is 4.98 Å². The molecule has 1 aliphatic rings. The van der Waals surface area contributed by atoms with Crippen molar-refractivity contribution in [1.29, 1.82) is 0 Å². The predicted molar refractivity (Wildman–Crippen MR) is 103 cm³/mol. The lowest BCUT2D eigenvalue weighted by Gasteiger charge is -2.15. The molecule has 0 atom stereocenters. The second-order valence-electron chi connectivity index (χ2n) is 6.48. The van der Waals surface area contributed by atoms with Crippen LogP contribution in [-0.4, -0.2) is 15.9 Å². The summed E-state index contributed by atoms with van der Waals surface area (Å²) in [5.74, 6) is -0.480. The van der Waals surface area contributed by atoms with Crippen LogP contribution in [0.25, 0.3) is 0 Å². The van der Waals surface area contributed by atoms with E-state index in [0.29, 0.717) is 11.4 Å². The van der Waals surface area contributed by atoms with Crippen molar-refractivity contribution < 1.29 is 18.0 Å². The molecule has 0 unspecified atom stereocenters. The fourth-order valence-corrected chi connectivity index (χ4v) is 3.04. The average Bonchev–Trinajstić information content (AvgIpc) is 3.08. The first-order chi connectivity index (χ1) is 13.9. The van der Waals surface area contributed by atoms with Crippen LogP contribution in [0.2, 0.25) is 0 Å². The van der Waals surface area contributed by atoms with Gasteiger partial charge in [-0.3, -0.25) is 4.79 Å². The molecule has 1 amide bonds. The van der Waals surface area contributed by atoms with E-state index in [1.807, 2.05) is 6.07 Å². The summed E-state index contributed by atoms with van der Waals surface area (Å²) in [5.41, 5.74) is 1.76. The molecule has 0 radical (unpaired) electrons. The topological polar surface area (TPSA) is 78.9 Å². The number of para-hydroxylation sites is 1. The molecule has 0 fully saturated rings. The zero-order valence-electron chi connectivity index (χ0n) is 15.0. The fraction of sp³-hybridized carbons (Fsp3) is 0.150. The number of nitrogens with zero attached hydrogens (tertiary/aromatic N) is 2. The second kappa shape index (κ2) is 7.42. The smallest absolute Gasteiger partial charge is 0.365 e. The summed E-state index contributed by atoms with van der Waals surface area (Å²) in [6.45, 7) is 0.178. The number of nitrogens with one attached hydrogen (secondary N) is 3. The Balaban J connectivity index is 1.62. The lowest BCUT2D eigenvalue weighted by atomic mass is 10.1. The minimum absolute atomic E-state index is 0.0110. The van der Waals surface area contributed by atoms with E-state index in [2.05, 4.69) is 25.9 Å². The number of amides is 1. The van der Waals surface area contributed by atoms with Gasteiger partial charge in [0.05, 0.1) is 17.8 Å². The van der Waals surface area contributed by atoms with Gasteiger partial charge in [0, 0.05) is 12.7 Å². The van der Waals surface area contributed by atoms with E-state index in [-0.39, 0.29) is 30.6 Å². The number of hydrogen-bond donors (Lipinski definition) is 3. The first kappa shape index (κ1) is 18.7. The maximum atomic E-state index is 13.4. The molecule has 0 bridgehead atoms. The number of carbonyl (C=O) groups is 1. The summed E-state index contributed by atoms with van der Waals surface area (Å²) in [6, 6.07) is 14.3. The first-order valence-electron chi connectivity index (χ1n) is 8.81. The minimum atomic E-state index is -4.60. The summed E-state index contributed by atoms with van der Waals surface area (Å²) in [7, 11) is 0. The van der Waals surface area contributed by atoms with Crippen molar-refractivity contribution in [1.82, 2.24) is 9.97 Å². The highest BCUT2D eigenvalue weighted by molar-refractivity contribution is 6.03. The number of halogens is 3. The van der Waals surface area contributed by atoms with Crippen LogP contribution in [0.4, 0.5) is 36.3 Å². The summed E-state index contributed by atoms with van der Waals surface area (Å²) in [4.78, 5) is 19.5. The molecule has 29 heavy (non-hydrogen) atoms. The van der Waals surface area contributed by atoms with E-state index in [9.17, 15) is 18.0 Å². The lowest BCUT2D eigenvalue weighted by molar-refractivity contribution is -0.137. The van der Waals surface area contributed by atoms with Gasteiger partial charge in [0.25, 0.3) is 0 Å². The van der Waals surface area contributed by atoms with Crippen molar-refractivity contribution in [2.75, 3.05) is 16.0 Å². The van der Waals surface area contributed by atoms with Crippen LogP contribution in [0.15, 0.2) is 54.7 Å². The second-order valence-corrected chi connectivity index (χ2v) is 6.48. The van der Waals surface area contributed by atoms with E-state index in [1.54, 1.807) is 42.5 Å². The molecule has 3 N–H and O–H groups in total. The standard InChI is InChI=1S/C20H16F3N5O/c21-20(22,23)14-11-25-19(28-18(14)24-10-12-5-2-1-3-6-12)26-15-8-4-7-13-9-16(29)27-17(13)15/h1-8,11H,9-10H2,(H,27,29)(H2,24,25,26,28). The van der Waals surface area contributed by atoms with Gasteiger partial charge in [-0.05, 0) is 17.2 Å². The number of carbonyl (C=O) groups excluding carboxylic acids is 1. The van der Waals surface area contributed by atoms with Crippen molar-refractivity contribution >= 4 is 29.0 Å². The molecule has 148 valence electrons. The molecule has 3 aromatic rings. The van der Waals surface area contributed by atoms with Crippen LogP contribution in [0.3, 0.4) is 0 Å². The van der Waals surface area contributed by atoms with Gasteiger partial charge in [-0.1, -0.05) is 42.5 Å². The highest BCUT2D eigenvalue weighted by Crippen LogP contribution is 2.36. The molecule has 9 heteroatoms. The third-order valence-corrected chi connectivity index (χ3v) is 4.41. The Kier molecular flexibility index (Phi) is 4.79. The van der Waals surface area contributed by atoms with Gasteiger partial charge >= 0.3 is 6.18 Å². The summed E-state index contributed by atoms with van der Waals surface area (Å²) in [5, 5.41) is 8.37. The van der Waals surface area contributed by atoms with Gasteiger partial charge in [0.1, 0.15) is 11.4 Å². The largest absolute Gasteiger partial charge is 0.421 e. The highest BCUT2D eigenvalue weighted by Gasteiger charge is 2.35. The molecule has 2 heterocycles. The van der Waals surface area contributed by atoms with Crippen LogP contribution in [0.5, 0.6) is 0 Å². The zero-order valence-corrected chi connectivity index (χ0v) is 15.0. The minimum Gasteiger partial charge on any atom is -0.365 e. The van der Waals surface area contributed by atoms with Crippen LogP contribution in [-0.2, 0) is 23.9 Å². The Morgan fingerprint density at radius 1 is 1.07 bits per heavy atom. The Morgan fingerprint density at radius 2 is 1.86 bits per heavy atom. The highest BCUT2D eigenvalue weighted by atomic mass is 19.4. The van der Waals surface area contributed by atoms with Crippen molar-refractivity contribution in [3.05, 3.63) is 71.4 Å². The van der Waals surface area contributed by atoms with E-state index >= 15 is 0 Å². The van der Waals surface area contributed by atoms with E-state index in [4.69, 9.17) is 0 Å². The number of rotatable bonds is 5. The molecule has 6 nitrogen and oxygen atoms in total. The number of benzene rings is 2. The van der Waals surface area contributed by atoms with Gasteiger partial charge < -0.3 is 16.0 Å². The third kappa shape index (κ3) is 4.13. The van der Waals surface area contributed by atoms with Crippen molar-refractivity contribution in [2.24, 2.45) is 0 Å². The Bertz CT molecular complexity index is 1050. The zero-order chi connectivity index (χ0) is 20.4. The van der Waals surface area contributed by atoms with Gasteiger partial charge in [0.15, 0.2) is 0 Å². The predicted octanol–water partition coefficient (Wildman–Crippen LogP) is 4.35. The monoisotopic (exact) mass is 399 g/mol. The molecule has 2 aromatic carbocycles. The molecule has 0 saturated heterocycles. The fourth-order valence-electron chi connectivity index (χ4n) is 3.04. The van der Waals surface area contributed by atoms with Crippen LogP contribution < -0.4 is 16.0 Å². The van der Waals surface area contributed by atoms with Crippen LogP contribution in [0, 0.1) is 0 Å². The molecule has 4 rings (SSSR count). The Labute approximate surface area is 164 Å². The number of fused-ring (bicyclic) bond motifs is 1. The Hall–Kier alpha value is -3.62. The molecule has 0 aliphatic carbocycles. The van der Waals surface area contributed by atoms with E-state index < -0.39 is 11.7 Å². The summed E-state index contributed by atoms with van der Waals surface area (Å²) >= 11 is 0. The lowest BCUT2D eigenvalue weighted by Crippen LogP contribution is -2.14. The number of alkyl halides is 3. The van der Waals surface area contributed by atoms with Crippen molar-refractivity contribution in [3.63, 3.8) is 0 Å². The molecule has 0 saturated carbocycles. The normalized spacial score (nSPS) is 13.0. The van der Waals surface area contributed by atoms with Crippen molar-refractivity contribution in [3.8, 4) is 0 Å². The average molecular weight is 399 g/mol. The number of hydrogen-bond acceptors (Lipinski definition) is 5. The van der Waals surface area contributed by atoms with E-state index in [0.717, 1.165) is 17.3 Å². The molecular formula is C20H16F3N5O. The summed E-state index contributed by atoms with van der Waals surface area (Å²) < 4.78 is 40.1. The van der Waals surface area contributed by atoms with Gasteiger partial charge in [0.2, 0.25) is 11.9 Å². The SMILES string of the molecule is O=C1Cc2cccc(Nc3ncc(C(F)(F)F)c(NCc4ccccc4)n3)c2N1. The van der Waals surface area contributed by atoms with Gasteiger partial charge in [-0.15, -0.1) is 0 Å². The van der Waals surface area contributed by atoms with Crippen LogP contribution >= 0.6 is 0 Å². The Morgan fingerprint density at radius 3 is 2.62 bits per heavy atom. The number of aromatic nitrogens is 2. The van der Waals surface area contributed by atoms with Crippen molar-refractivity contribution in [2.45, 2.75) is 19.1 Å². The number of anilines is 4. The van der Waals surface area contributed by atoms with Crippen LogP contribution in [0.1, 0.15) is 16.7 Å². The first-order valence-corrected chi connectivity index (χ1v) is 8.81.